The topological polar surface area (TPSA) is 89.3 Å². The lowest BCUT2D eigenvalue weighted by atomic mass is 10.0. The number of nitrogens with two attached hydrogens (primary N) is 2. The van der Waals surface area contributed by atoms with Crippen molar-refractivity contribution in [1.82, 2.24) is 0 Å². The number of rotatable bonds is 1. The van der Waals surface area contributed by atoms with Gasteiger partial charge in [0.2, 0.25) is 0 Å². The van der Waals surface area contributed by atoms with E-state index in [1.807, 2.05) is 0 Å². The normalized spacial score (nSPS) is 10.0. The van der Waals surface area contributed by atoms with Crippen molar-refractivity contribution in [3.63, 3.8) is 0 Å². The van der Waals surface area contributed by atoms with Crippen LogP contribution >= 0.6 is 0 Å². The third-order valence-electron chi connectivity index (χ3n) is 2.03. The smallest absolute Gasteiger partial charge is 0.338 e. The van der Waals surface area contributed by atoms with Crippen LogP contribution in [0.15, 0.2) is 6.07 Å². The summed E-state index contributed by atoms with van der Waals surface area (Å²) in [6.45, 7) is 3.50. The van der Waals surface area contributed by atoms with Crippen LogP contribution in [0.2, 0.25) is 0 Å². The molecule has 0 aliphatic heterocycles. The lowest BCUT2D eigenvalue weighted by molar-refractivity contribution is 0.0697. The highest BCUT2D eigenvalue weighted by atomic mass is 16.4. The largest absolute Gasteiger partial charge is 0.478 e. The maximum absolute atomic E-state index is 10.8. The van der Waals surface area contributed by atoms with Crippen LogP contribution < -0.4 is 11.5 Å². The molecule has 4 heteroatoms. The number of hydrogen-bond acceptors (Lipinski definition) is 3. The van der Waals surface area contributed by atoms with Gasteiger partial charge in [0.15, 0.2) is 0 Å². The van der Waals surface area contributed by atoms with Crippen LogP contribution in [0, 0.1) is 13.8 Å². The van der Waals surface area contributed by atoms with Crippen LogP contribution in [0.1, 0.15) is 21.5 Å². The van der Waals surface area contributed by atoms with Gasteiger partial charge in [0.1, 0.15) is 0 Å². The summed E-state index contributed by atoms with van der Waals surface area (Å²) in [4.78, 5) is 10.8. The monoisotopic (exact) mass is 180 g/mol. The van der Waals surface area contributed by atoms with Gasteiger partial charge in [-0.15, -0.1) is 0 Å². The van der Waals surface area contributed by atoms with E-state index in [9.17, 15) is 4.79 Å². The second kappa shape index (κ2) is 2.97. The van der Waals surface area contributed by atoms with Crippen LogP contribution in [0.3, 0.4) is 0 Å². The van der Waals surface area contributed by atoms with Crippen molar-refractivity contribution in [2.45, 2.75) is 13.8 Å². The van der Waals surface area contributed by atoms with E-state index in [-0.39, 0.29) is 11.3 Å². The minimum atomic E-state index is -1.04. The Labute approximate surface area is 76.2 Å². The molecule has 0 saturated carbocycles. The molecule has 4 nitrogen and oxygen atoms in total. The van der Waals surface area contributed by atoms with E-state index in [0.717, 1.165) is 5.56 Å². The number of carboxylic acids is 1. The van der Waals surface area contributed by atoms with Crippen LogP contribution in [0.4, 0.5) is 11.4 Å². The predicted molar refractivity (Wildman–Crippen MR) is 51.7 cm³/mol. The molecule has 0 heterocycles. The summed E-state index contributed by atoms with van der Waals surface area (Å²) in [6.07, 6.45) is 0. The van der Waals surface area contributed by atoms with E-state index in [1.165, 1.54) is 0 Å². The van der Waals surface area contributed by atoms with Gasteiger partial charge in [0.05, 0.1) is 16.9 Å². The van der Waals surface area contributed by atoms with Gasteiger partial charge in [0.25, 0.3) is 0 Å². The van der Waals surface area contributed by atoms with E-state index in [2.05, 4.69) is 0 Å². The zero-order valence-corrected chi connectivity index (χ0v) is 7.59. The van der Waals surface area contributed by atoms with E-state index >= 15 is 0 Å². The first-order valence-corrected chi connectivity index (χ1v) is 3.83. The molecule has 0 aliphatic rings. The van der Waals surface area contributed by atoms with Crippen molar-refractivity contribution < 1.29 is 9.90 Å². The summed E-state index contributed by atoms with van der Waals surface area (Å²) in [6, 6.07) is 1.72. The number of aromatic carboxylic acids is 1. The van der Waals surface area contributed by atoms with E-state index in [0.29, 0.717) is 11.3 Å². The van der Waals surface area contributed by atoms with Crippen LogP contribution in [-0.2, 0) is 0 Å². The minimum absolute atomic E-state index is 0.100. The van der Waals surface area contributed by atoms with Gasteiger partial charge >= 0.3 is 5.97 Å². The zero-order valence-electron chi connectivity index (χ0n) is 7.59. The molecular weight excluding hydrogens is 168 g/mol. The standard InChI is InChI=1S/C9H12N2O2/c1-4-3-5(2)7(10)8(11)6(4)9(12)13/h3H,10-11H2,1-2H3,(H,12,13). The summed E-state index contributed by atoms with van der Waals surface area (Å²) < 4.78 is 0. The summed E-state index contributed by atoms with van der Waals surface area (Å²) in [5.74, 6) is -1.04. The Morgan fingerprint density at radius 1 is 1.23 bits per heavy atom. The van der Waals surface area contributed by atoms with E-state index in [4.69, 9.17) is 16.6 Å². The molecule has 0 bridgehead atoms. The van der Waals surface area contributed by atoms with Crippen LogP contribution in [0.25, 0.3) is 0 Å². The Kier molecular flexibility index (Phi) is 2.14. The molecular formula is C9H12N2O2. The molecule has 0 spiro atoms. The molecule has 70 valence electrons. The Morgan fingerprint density at radius 3 is 2.23 bits per heavy atom. The second-order valence-electron chi connectivity index (χ2n) is 3.02. The number of nitrogen functional groups attached to an aromatic ring is 2. The van der Waals surface area contributed by atoms with E-state index < -0.39 is 5.97 Å². The fraction of sp³-hybridized carbons (Fsp3) is 0.222. The maximum atomic E-state index is 10.8. The highest BCUT2D eigenvalue weighted by Gasteiger charge is 2.14. The highest BCUT2D eigenvalue weighted by Crippen LogP contribution is 2.26. The number of hydrogen-bond donors (Lipinski definition) is 3. The zero-order chi connectivity index (χ0) is 10.2. The van der Waals surface area contributed by atoms with Gasteiger partial charge in [-0.3, -0.25) is 0 Å². The Hall–Kier alpha value is -1.71. The molecule has 0 aliphatic carbocycles. The Bertz CT molecular complexity index is 372. The average Bonchev–Trinajstić information content (AvgIpc) is 1.99. The molecule has 1 aromatic carbocycles. The minimum Gasteiger partial charge on any atom is -0.478 e. The SMILES string of the molecule is Cc1cc(C)c(C(=O)O)c(N)c1N. The number of anilines is 2. The summed E-state index contributed by atoms with van der Waals surface area (Å²) in [5.41, 5.74) is 13.2. The maximum Gasteiger partial charge on any atom is 0.338 e. The summed E-state index contributed by atoms with van der Waals surface area (Å²) in [7, 11) is 0. The van der Waals surface area contributed by atoms with Gasteiger partial charge in [0, 0.05) is 0 Å². The van der Waals surface area contributed by atoms with Crippen molar-refractivity contribution in [3.8, 4) is 0 Å². The molecule has 0 radical (unpaired) electrons. The molecule has 1 aromatic rings. The van der Waals surface area contributed by atoms with Crippen molar-refractivity contribution >= 4 is 17.3 Å². The quantitative estimate of drug-likeness (QED) is 0.566. The van der Waals surface area contributed by atoms with Gasteiger partial charge in [-0.25, -0.2) is 4.79 Å². The molecule has 1 rings (SSSR count). The van der Waals surface area contributed by atoms with Gasteiger partial charge in [-0.2, -0.15) is 0 Å². The molecule has 0 atom stereocenters. The lowest BCUT2D eigenvalue weighted by Gasteiger charge is -2.10. The second-order valence-corrected chi connectivity index (χ2v) is 3.02. The fourth-order valence-corrected chi connectivity index (χ4v) is 1.32. The molecule has 0 amide bonds. The van der Waals surface area contributed by atoms with Crippen LogP contribution in [-0.4, -0.2) is 11.1 Å². The Morgan fingerprint density at radius 2 is 1.77 bits per heavy atom. The van der Waals surface area contributed by atoms with Crippen molar-refractivity contribution in [2.75, 3.05) is 11.5 Å². The first-order chi connectivity index (χ1) is 5.95. The van der Waals surface area contributed by atoms with E-state index in [1.54, 1.807) is 19.9 Å². The number of aryl methyl sites for hydroxylation is 2. The third kappa shape index (κ3) is 1.42. The predicted octanol–water partition coefficient (Wildman–Crippen LogP) is 1.17. The lowest BCUT2D eigenvalue weighted by Crippen LogP contribution is -2.09. The third-order valence-corrected chi connectivity index (χ3v) is 2.03. The average molecular weight is 180 g/mol. The number of carboxylic acid groups (broad SMARTS) is 1. The van der Waals surface area contributed by atoms with Crippen molar-refractivity contribution in [3.05, 3.63) is 22.8 Å². The number of benzene rings is 1. The summed E-state index contributed by atoms with van der Waals surface area (Å²) >= 11 is 0. The highest BCUT2D eigenvalue weighted by molar-refractivity contribution is 5.99. The molecule has 13 heavy (non-hydrogen) atoms. The summed E-state index contributed by atoms with van der Waals surface area (Å²) in [5, 5.41) is 8.83. The fourth-order valence-electron chi connectivity index (χ4n) is 1.32. The Balaban J connectivity index is 3.53. The van der Waals surface area contributed by atoms with Crippen LogP contribution in [0.5, 0.6) is 0 Å². The van der Waals surface area contributed by atoms with Gasteiger partial charge in [-0.1, -0.05) is 6.07 Å². The number of carbonyl (C=O) groups is 1. The van der Waals surface area contributed by atoms with Gasteiger partial charge < -0.3 is 16.6 Å². The molecule has 0 unspecified atom stereocenters. The molecule has 0 saturated heterocycles. The van der Waals surface area contributed by atoms with Crippen molar-refractivity contribution in [2.24, 2.45) is 0 Å². The first kappa shape index (κ1) is 9.38. The van der Waals surface area contributed by atoms with Crippen molar-refractivity contribution in [1.29, 1.82) is 0 Å². The molecule has 0 aromatic heterocycles. The van der Waals surface area contributed by atoms with Gasteiger partial charge in [-0.05, 0) is 25.0 Å². The molecule has 5 N–H and O–H groups in total. The first-order valence-electron chi connectivity index (χ1n) is 3.83. The molecule has 0 fully saturated rings.